The normalized spacial score (nSPS) is 20.8. The van der Waals surface area contributed by atoms with E-state index in [-0.39, 0.29) is 44.2 Å². The van der Waals surface area contributed by atoms with E-state index < -0.39 is 9.84 Å². The van der Waals surface area contributed by atoms with Gasteiger partial charge >= 0.3 is 0 Å². The maximum atomic E-state index is 10.7. The zero-order valence-corrected chi connectivity index (χ0v) is 11.9. The summed E-state index contributed by atoms with van der Waals surface area (Å²) in [5.74, 6) is 0.549. The second kappa shape index (κ2) is 8.33. The van der Waals surface area contributed by atoms with Gasteiger partial charge in [-0.3, -0.25) is 7.05 Å². The molecule has 0 aromatic rings. The van der Waals surface area contributed by atoms with Crippen LogP contribution in [0.2, 0.25) is 0 Å². The molecule has 1 fully saturated rings. The van der Waals surface area contributed by atoms with Gasteiger partial charge in [-0.15, -0.1) is 0 Å². The molecule has 0 spiro atoms. The number of rotatable bonds is 0. The Bertz CT molecular complexity index is 190. The largest absolute Gasteiger partial charge is 0.458 e. The third-order valence-electron chi connectivity index (χ3n) is 1.44. The van der Waals surface area contributed by atoms with E-state index in [0.717, 1.165) is 6.42 Å². The fourth-order valence-electron chi connectivity index (χ4n) is 0.750. The van der Waals surface area contributed by atoms with Crippen molar-refractivity contribution in [3.8, 4) is 0 Å². The molecule has 0 aromatic heterocycles. The zero-order valence-electron chi connectivity index (χ0n) is 8.20. The van der Waals surface area contributed by atoms with Crippen molar-refractivity contribution >= 4 is 9.84 Å². The first-order valence-corrected chi connectivity index (χ1v) is 5.89. The van der Waals surface area contributed by atoms with E-state index in [0.29, 0.717) is 13.1 Å². The Labute approximate surface area is 107 Å². The maximum Gasteiger partial charge on any atom is 0.152 e. The first-order chi connectivity index (χ1) is 5.52. The SMILES string of the molecule is [CH2-]CC.[CH2-]N1CCS(=O)(=O)CC1.[Y]. The Morgan fingerprint density at radius 1 is 1.31 bits per heavy atom. The van der Waals surface area contributed by atoms with E-state index in [4.69, 9.17) is 0 Å². The van der Waals surface area contributed by atoms with E-state index in [1.807, 2.05) is 6.92 Å². The summed E-state index contributed by atoms with van der Waals surface area (Å²) in [6.45, 7) is 6.67. The first-order valence-electron chi connectivity index (χ1n) is 4.07. The summed E-state index contributed by atoms with van der Waals surface area (Å²) in [6, 6.07) is 0. The van der Waals surface area contributed by atoms with Crippen molar-refractivity contribution < 1.29 is 41.1 Å². The Morgan fingerprint density at radius 2 is 1.62 bits per heavy atom. The van der Waals surface area contributed by atoms with E-state index in [1.165, 1.54) is 0 Å². The summed E-state index contributed by atoms with van der Waals surface area (Å²) >= 11 is 0. The third kappa shape index (κ3) is 9.32. The van der Waals surface area contributed by atoms with Crippen LogP contribution in [0.4, 0.5) is 0 Å². The molecule has 13 heavy (non-hydrogen) atoms. The first kappa shape index (κ1) is 16.4. The number of nitrogens with zero attached hydrogens (tertiary/aromatic N) is 1. The average Bonchev–Trinajstić information content (AvgIpc) is 1.98. The van der Waals surface area contributed by atoms with Crippen LogP contribution < -0.4 is 0 Å². The standard InChI is InChI=1S/C5H10NO2S.C3H7.Y/c1-6-2-4-9(7,8)5-3-6;1-3-2;/h1-5H2;1,3H2,2H3;/q2*-1;. The quantitative estimate of drug-likeness (QED) is 0.614. The summed E-state index contributed by atoms with van der Waals surface area (Å²) in [4.78, 5) is 1.78. The van der Waals surface area contributed by atoms with Crippen LogP contribution in [0.25, 0.3) is 0 Å². The molecule has 1 saturated heterocycles. The van der Waals surface area contributed by atoms with Gasteiger partial charge in [0.15, 0.2) is 9.84 Å². The molecule has 1 rings (SSSR count). The van der Waals surface area contributed by atoms with Crippen molar-refractivity contribution in [2.24, 2.45) is 0 Å². The summed E-state index contributed by atoms with van der Waals surface area (Å²) < 4.78 is 21.5. The number of hydrogen-bond donors (Lipinski definition) is 0. The van der Waals surface area contributed by atoms with Crippen molar-refractivity contribution in [1.82, 2.24) is 4.90 Å². The number of sulfone groups is 1. The maximum absolute atomic E-state index is 10.7. The molecular formula is C8H17NO2SY-2. The molecule has 1 radical (unpaired) electrons. The minimum absolute atomic E-state index is 0. The second-order valence-corrected chi connectivity index (χ2v) is 5.07. The van der Waals surface area contributed by atoms with Gasteiger partial charge in [0.1, 0.15) is 0 Å². The van der Waals surface area contributed by atoms with E-state index in [1.54, 1.807) is 4.90 Å². The summed E-state index contributed by atoms with van der Waals surface area (Å²) in [7, 11) is 0.935. The molecule has 0 atom stereocenters. The molecule has 1 aliphatic heterocycles. The predicted octanol–water partition coefficient (Wildman–Crippen LogP) is 0.736. The van der Waals surface area contributed by atoms with Crippen molar-refractivity contribution in [2.45, 2.75) is 13.3 Å². The van der Waals surface area contributed by atoms with Crippen LogP contribution in [0.3, 0.4) is 0 Å². The molecule has 1 aliphatic rings. The molecule has 0 unspecified atom stereocenters. The molecular weight excluding hydrogens is 263 g/mol. The van der Waals surface area contributed by atoms with Crippen molar-refractivity contribution in [3.05, 3.63) is 14.0 Å². The molecule has 1 heterocycles. The van der Waals surface area contributed by atoms with E-state index in [2.05, 4.69) is 14.0 Å². The summed E-state index contributed by atoms with van der Waals surface area (Å²) in [5, 5.41) is 0. The molecule has 77 valence electrons. The molecule has 0 aromatic carbocycles. The van der Waals surface area contributed by atoms with Gasteiger partial charge in [0, 0.05) is 32.7 Å². The minimum Gasteiger partial charge on any atom is -0.458 e. The van der Waals surface area contributed by atoms with Crippen LogP contribution in [0.15, 0.2) is 0 Å². The summed E-state index contributed by atoms with van der Waals surface area (Å²) in [5.41, 5.74) is 0. The van der Waals surface area contributed by atoms with Crippen molar-refractivity contribution in [1.29, 1.82) is 0 Å². The molecule has 0 saturated carbocycles. The zero-order chi connectivity index (χ0) is 9.61. The molecule has 0 N–H and O–H groups in total. The van der Waals surface area contributed by atoms with E-state index >= 15 is 0 Å². The van der Waals surface area contributed by atoms with Crippen molar-refractivity contribution in [3.63, 3.8) is 0 Å². The average molecular weight is 280 g/mol. The molecule has 5 heteroatoms. The second-order valence-electron chi connectivity index (χ2n) is 2.77. The monoisotopic (exact) mass is 280 g/mol. The van der Waals surface area contributed by atoms with Crippen molar-refractivity contribution in [2.75, 3.05) is 24.6 Å². The van der Waals surface area contributed by atoms with E-state index in [9.17, 15) is 8.42 Å². The molecule has 0 bridgehead atoms. The topological polar surface area (TPSA) is 37.4 Å². The molecule has 0 amide bonds. The van der Waals surface area contributed by atoms with Gasteiger partial charge in [0.05, 0.1) is 11.5 Å². The smallest absolute Gasteiger partial charge is 0.152 e. The van der Waals surface area contributed by atoms with Crippen LogP contribution in [0, 0.1) is 14.0 Å². The van der Waals surface area contributed by atoms with Crippen LogP contribution in [0.1, 0.15) is 13.3 Å². The van der Waals surface area contributed by atoms with Gasteiger partial charge < -0.3 is 11.8 Å². The fraction of sp³-hybridized carbons (Fsp3) is 0.750. The Morgan fingerprint density at radius 3 is 1.85 bits per heavy atom. The van der Waals surface area contributed by atoms with Gasteiger partial charge in [-0.1, -0.05) is 6.92 Å². The fourth-order valence-corrected chi connectivity index (χ4v) is 2.03. The predicted molar refractivity (Wildman–Crippen MR) is 51.2 cm³/mol. The van der Waals surface area contributed by atoms with Gasteiger partial charge in [0.25, 0.3) is 0 Å². The van der Waals surface area contributed by atoms with Gasteiger partial charge in [-0.25, -0.2) is 8.42 Å². The summed E-state index contributed by atoms with van der Waals surface area (Å²) in [6.07, 6.45) is 1.00. The van der Waals surface area contributed by atoms with Crippen LogP contribution >= 0.6 is 0 Å². The molecule has 3 nitrogen and oxygen atoms in total. The van der Waals surface area contributed by atoms with Crippen LogP contribution in [-0.2, 0) is 42.5 Å². The Kier molecular flexibility index (Phi) is 10.5. The van der Waals surface area contributed by atoms with Gasteiger partial charge in [-0.2, -0.15) is 6.42 Å². The minimum atomic E-state index is -2.70. The van der Waals surface area contributed by atoms with Gasteiger partial charge in [-0.05, 0) is 13.1 Å². The van der Waals surface area contributed by atoms with Gasteiger partial charge in [0.2, 0.25) is 0 Å². The van der Waals surface area contributed by atoms with Crippen LogP contribution in [0.5, 0.6) is 0 Å². The van der Waals surface area contributed by atoms with Crippen LogP contribution in [-0.4, -0.2) is 37.9 Å². The Balaban J connectivity index is 0. The third-order valence-corrected chi connectivity index (χ3v) is 3.05. The molecule has 0 aliphatic carbocycles. The number of hydrogen-bond acceptors (Lipinski definition) is 3. The Hall–Kier alpha value is 1.01.